The summed E-state index contributed by atoms with van der Waals surface area (Å²) in [6.45, 7) is 0.461. The van der Waals surface area contributed by atoms with E-state index in [0.29, 0.717) is 24.5 Å². The summed E-state index contributed by atoms with van der Waals surface area (Å²) < 4.78 is 5.23. The van der Waals surface area contributed by atoms with Crippen LogP contribution in [0.25, 0.3) is 0 Å². The first-order valence-electron chi connectivity index (χ1n) is 9.75. The third-order valence-corrected chi connectivity index (χ3v) is 6.70. The predicted octanol–water partition coefficient (Wildman–Crippen LogP) is 3.98. The number of nitriles is 1. The van der Waals surface area contributed by atoms with Gasteiger partial charge in [-0.2, -0.15) is 5.26 Å². The predicted molar refractivity (Wildman–Crippen MR) is 120 cm³/mol. The molecular formula is C23H24N4O2S. The number of ether oxygens (including phenoxy) is 1. The monoisotopic (exact) mass is 420 g/mol. The summed E-state index contributed by atoms with van der Waals surface area (Å²) in [6.07, 6.45) is 0.298. The minimum Gasteiger partial charge on any atom is -0.497 e. The van der Waals surface area contributed by atoms with Gasteiger partial charge in [0.15, 0.2) is 0 Å². The molecular weight excluding hydrogens is 396 g/mol. The van der Waals surface area contributed by atoms with Gasteiger partial charge in [0.05, 0.1) is 36.3 Å². The number of carbonyl (C=O) groups is 1. The summed E-state index contributed by atoms with van der Waals surface area (Å²) in [6, 6.07) is 18.3. The first kappa shape index (κ1) is 20.2. The summed E-state index contributed by atoms with van der Waals surface area (Å²) in [5, 5.41) is 10.7. The van der Waals surface area contributed by atoms with Crippen molar-refractivity contribution in [3.8, 4) is 11.8 Å². The Morgan fingerprint density at radius 2 is 1.83 bits per heavy atom. The highest BCUT2D eigenvalue weighted by molar-refractivity contribution is 8.03. The lowest BCUT2D eigenvalue weighted by Gasteiger charge is -2.42. The molecule has 7 heteroatoms. The SMILES string of the molecule is COc1ccc([C@@H]2CC(=O)N3CN(c4ccc(N(C)C)cc4)CSC3=C2C#N)cc1. The highest BCUT2D eigenvalue weighted by atomic mass is 32.2. The van der Waals surface area contributed by atoms with Crippen LogP contribution in [0.4, 0.5) is 11.4 Å². The Bertz CT molecular complexity index is 1010. The largest absolute Gasteiger partial charge is 0.497 e. The molecule has 2 heterocycles. The molecule has 2 aliphatic rings. The molecule has 1 amide bonds. The van der Waals surface area contributed by atoms with Crippen LogP contribution in [0, 0.1) is 11.3 Å². The highest BCUT2D eigenvalue weighted by Crippen LogP contribution is 2.43. The number of fused-ring (bicyclic) bond motifs is 1. The van der Waals surface area contributed by atoms with Crippen molar-refractivity contribution in [2.24, 2.45) is 0 Å². The summed E-state index contributed by atoms with van der Waals surface area (Å²) >= 11 is 1.56. The molecule has 0 N–H and O–H groups in total. The Labute approximate surface area is 181 Å². The van der Waals surface area contributed by atoms with E-state index < -0.39 is 0 Å². The second kappa shape index (κ2) is 8.33. The highest BCUT2D eigenvalue weighted by Gasteiger charge is 2.38. The van der Waals surface area contributed by atoms with Crippen LogP contribution in [0.5, 0.6) is 5.75 Å². The average molecular weight is 421 g/mol. The number of thioether (sulfide) groups is 1. The van der Waals surface area contributed by atoms with E-state index in [1.807, 2.05) is 38.4 Å². The van der Waals surface area contributed by atoms with E-state index in [-0.39, 0.29) is 11.8 Å². The molecule has 2 aromatic rings. The van der Waals surface area contributed by atoms with Gasteiger partial charge in [0.25, 0.3) is 0 Å². The fraction of sp³-hybridized carbons (Fsp3) is 0.304. The van der Waals surface area contributed by atoms with Crippen molar-refractivity contribution >= 4 is 29.0 Å². The van der Waals surface area contributed by atoms with E-state index in [1.54, 1.807) is 23.8 Å². The van der Waals surface area contributed by atoms with Crippen molar-refractivity contribution < 1.29 is 9.53 Å². The number of nitrogens with zero attached hydrogens (tertiary/aromatic N) is 4. The van der Waals surface area contributed by atoms with Gasteiger partial charge in [-0.05, 0) is 42.0 Å². The number of rotatable bonds is 4. The van der Waals surface area contributed by atoms with Gasteiger partial charge in [-0.1, -0.05) is 23.9 Å². The van der Waals surface area contributed by atoms with Crippen LogP contribution in [-0.4, -0.2) is 44.6 Å². The van der Waals surface area contributed by atoms with Gasteiger partial charge in [0.2, 0.25) is 5.91 Å². The number of carbonyl (C=O) groups excluding carboxylic acids is 1. The molecule has 0 unspecified atom stereocenters. The number of hydrogen-bond donors (Lipinski definition) is 0. The normalized spacial score (nSPS) is 18.7. The smallest absolute Gasteiger partial charge is 0.229 e. The van der Waals surface area contributed by atoms with Crippen LogP contribution in [0.3, 0.4) is 0 Å². The maximum absolute atomic E-state index is 13.0. The molecule has 4 rings (SSSR count). The number of methoxy groups -OCH3 is 1. The molecule has 1 fully saturated rings. The van der Waals surface area contributed by atoms with Gasteiger partial charge in [-0.25, -0.2) is 0 Å². The van der Waals surface area contributed by atoms with Gasteiger partial charge in [-0.3, -0.25) is 9.69 Å². The number of allylic oxidation sites excluding steroid dienone is 1. The average Bonchev–Trinajstić information content (AvgIpc) is 2.79. The summed E-state index contributed by atoms with van der Waals surface area (Å²) in [5.74, 6) is 1.29. The Morgan fingerprint density at radius 3 is 2.43 bits per heavy atom. The van der Waals surface area contributed by atoms with E-state index in [2.05, 4.69) is 40.1 Å². The summed E-state index contributed by atoms with van der Waals surface area (Å²) in [5.41, 5.74) is 3.84. The maximum atomic E-state index is 13.0. The lowest BCUT2D eigenvalue weighted by atomic mass is 9.86. The summed E-state index contributed by atoms with van der Waals surface area (Å²) in [7, 11) is 5.65. The first-order chi connectivity index (χ1) is 14.5. The van der Waals surface area contributed by atoms with Gasteiger partial charge in [0.1, 0.15) is 5.75 Å². The van der Waals surface area contributed by atoms with Crippen LogP contribution in [0.2, 0.25) is 0 Å². The van der Waals surface area contributed by atoms with Gasteiger partial charge < -0.3 is 14.5 Å². The number of benzene rings is 2. The van der Waals surface area contributed by atoms with Gasteiger partial charge in [0, 0.05) is 37.8 Å². The van der Waals surface area contributed by atoms with Crippen molar-refractivity contribution in [2.75, 3.05) is 43.6 Å². The first-order valence-corrected chi connectivity index (χ1v) is 10.7. The second-order valence-electron chi connectivity index (χ2n) is 7.55. The minimum atomic E-state index is -0.210. The van der Waals surface area contributed by atoms with Crippen molar-refractivity contribution in [3.05, 3.63) is 64.7 Å². The van der Waals surface area contributed by atoms with Crippen LogP contribution < -0.4 is 14.5 Å². The van der Waals surface area contributed by atoms with Crippen LogP contribution >= 0.6 is 11.8 Å². The van der Waals surface area contributed by atoms with E-state index in [0.717, 1.165) is 27.7 Å². The van der Waals surface area contributed by atoms with Crippen molar-refractivity contribution in [2.45, 2.75) is 12.3 Å². The van der Waals surface area contributed by atoms with E-state index >= 15 is 0 Å². The molecule has 30 heavy (non-hydrogen) atoms. The zero-order valence-electron chi connectivity index (χ0n) is 17.3. The number of amides is 1. The Hall–Kier alpha value is -3.11. The second-order valence-corrected chi connectivity index (χ2v) is 8.48. The molecule has 2 aliphatic heterocycles. The Morgan fingerprint density at radius 1 is 1.13 bits per heavy atom. The van der Waals surface area contributed by atoms with Gasteiger partial charge in [-0.15, -0.1) is 0 Å². The quantitative estimate of drug-likeness (QED) is 0.746. The molecule has 0 aliphatic carbocycles. The van der Waals surface area contributed by atoms with Crippen molar-refractivity contribution in [1.82, 2.24) is 4.90 Å². The molecule has 0 radical (unpaired) electrons. The third-order valence-electron chi connectivity index (χ3n) is 5.54. The van der Waals surface area contributed by atoms with E-state index in [9.17, 15) is 10.1 Å². The van der Waals surface area contributed by atoms with E-state index in [1.165, 1.54) is 0 Å². The van der Waals surface area contributed by atoms with Crippen LogP contribution in [-0.2, 0) is 4.79 Å². The third kappa shape index (κ3) is 3.71. The molecule has 0 bridgehead atoms. The Kier molecular flexibility index (Phi) is 5.60. The molecule has 0 aromatic heterocycles. The molecule has 1 saturated heterocycles. The maximum Gasteiger partial charge on any atom is 0.229 e. The fourth-order valence-electron chi connectivity index (χ4n) is 3.81. The molecule has 2 aromatic carbocycles. The van der Waals surface area contributed by atoms with E-state index in [4.69, 9.17) is 4.74 Å². The molecule has 0 saturated carbocycles. The fourth-order valence-corrected chi connectivity index (χ4v) is 4.98. The zero-order valence-corrected chi connectivity index (χ0v) is 18.1. The minimum absolute atomic E-state index is 0.0481. The van der Waals surface area contributed by atoms with Crippen LogP contribution in [0.15, 0.2) is 59.1 Å². The van der Waals surface area contributed by atoms with Gasteiger partial charge >= 0.3 is 0 Å². The Balaban J connectivity index is 1.60. The van der Waals surface area contributed by atoms with Crippen molar-refractivity contribution in [3.63, 3.8) is 0 Å². The summed E-state index contributed by atoms with van der Waals surface area (Å²) in [4.78, 5) is 19.0. The lowest BCUT2D eigenvalue weighted by molar-refractivity contribution is -0.129. The zero-order chi connectivity index (χ0) is 21.3. The molecule has 6 nitrogen and oxygen atoms in total. The number of anilines is 2. The molecule has 1 atom stereocenters. The topological polar surface area (TPSA) is 59.8 Å². The molecule has 0 spiro atoms. The molecule has 154 valence electrons. The van der Waals surface area contributed by atoms with Crippen LogP contribution in [0.1, 0.15) is 17.9 Å². The lowest BCUT2D eigenvalue weighted by Crippen LogP contribution is -2.47. The number of hydrogen-bond acceptors (Lipinski definition) is 6. The standard InChI is InChI=1S/C23H24N4O2S/c1-25(2)17-6-8-18(9-7-17)26-14-27-22(28)12-20(21(13-24)23(27)30-15-26)16-4-10-19(29-3)11-5-16/h4-11,20H,12,14-15H2,1-3H3/t20-/m0/s1. The van der Waals surface area contributed by atoms with Crippen molar-refractivity contribution in [1.29, 1.82) is 5.26 Å².